The van der Waals surface area contributed by atoms with E-state index in [1.54, 1.807) is 17.9 Å². The molecule has 1 saturated heterocycles. The molecule has 5 rings (SSSR count). The van der Waals surface area contributed by atoms with Crippen LogP contribution in [-0.4, -0.2) is 65.8 Å². The van der Waals surface area contributed by atoms with E-state index in [1.807, 2.05) is 30.3 Å². The first-order chi connectivity index (χ1) is 17.5. The minimum Gasteiger partial charge on any atom is -0.448 e. The van der Waals surface area contributed by atoms with Gasteiger partial charge in [-0.1, -0.05) is 60.5 Å². The standard InChI is InChI=1S/C29H29BN2O4/c1-3-22-16-21(17-28(20(22)2)30(34)35)18-31-12-14-32(15-13-31)29(33)36-19-27-25-10-6-4-8-23(25)24-9-5-7-11-26(24)27/h1,4-11,16-17,27,34-35H,12-15,18-19H2,2H3. The summed E-state index contributed by atoms with van der Waals surface area (Å²) in [6, 6.07) is 20.3. The van der Waals surface area contributed by atoms with Crippen LogP contribution in [0.1, 0.15) is 33.7 Å². The van der Waals surface area contributed by atoms with Crippen LogP contribution in [0.15, 0.2) is 60.7 Å². The summed E-state index contributed by atoms with van der Waals surface area (Å²) in [6.07, 6.45) is 5.33. The van der Waals surface area contributed by atoms with Gasteiger partial charge in [0, 0.05) is 44.2 Å². The fourth-order valence-corrected chi connectivity index (χ4v) is 5.34. The topological polar surface area (TPSA) is 73.2 Å². The summed E-state index contributed by atoms with van der Waals surface area (Å²) in [5, 5.41) is 19.4. The second-order valence-corrected chi connectivity index (χ2v) is 9.44. The number of carbonyl (C=O) groups is 1. The molecular weight excluding hydrogens is 451 g/mol. The van der Waals surface area contributed by atoms with E-state index in [-0.39, 0.29) is 12.0 Å². The zero-order valence-electron chi connectivity index (χ0n) is 20.4. The van der Waals surface area contributed by atoms with E-state index in [0.29, 0.717) is 55.9 Å². The van der Waals surface area contributed by atoms with Crippen molar-refractivity contribution < 1.29 is 19.6 Å². The predicted molar refractivity (Wildman–Crippen MR) is 141 cm³/mol. The average molecular weight is 480 g/mol. The Morgan fingerprint density at radius 2 is 1.64 bits per heavy atom. The Hall–Kier alpha value is -3.57. The largest absolute Gasteiger partial charge is 0.488 e. The normalized spacial score (nSPS) is 15.2. The second-order valence-electron chi connectivity index (χ2n) is 9.44. The van der Waals surface area contributed by atoms with Crippen LogP contribution in [0.5, 0.6) is 0 Å². The van der Waals surface area contributed by atoms with Crippen molar-refractivity contribution in [3.8, 4) is 23.5 Å². The molecule has 0 atom stereocenters. The van der Waals surface area contributed by atoms with Gasteiger partial charge in [0.25, 0.3) is 0 Å². The van der Waals surface area contributed by atoms with Gasteiger partial charge >= 0.3 is 13.2 Å². The minimum absolute atomic E-state index is 0.0469. The number of nitrogens with zero attached hydrogens (tertiary/aromatic N) is 2. The van der Waals surface area contributed by atoms with Gasteiger partial charge in [0.05, 0.1) is 0 Å². The van der Waals surface area contributed by atoms with Gasteiger partial charge in [-0.25, -0.2) is 4.79 Å². The Bertz CT molecular complexity index is 1280. The van der Waals surface area contributed by atoms with Gasteiger partial charge in [-0.05, 0) is 51.8 Å². The number of ether oxygens (including phenoxy) is 1. The number of carbonyl (C=O) groups excluding carboxylic acids is 1. The summed E-state index contributed by atoms with van der Waals surface area (Å²) >= 11 is 0. The van der Waals surface area contributed by atoms with Crippen LogP contribution in [-0.2, 0) is 11.3 Å². The summed E-state index contributed by atoms with van der Waals surface area (Å²) in [4.78, 5) is 16.9. The number of benzene rings is 3. The summed E-state index contributed by atoms with van der Waals surface area (Å²) in [7, 11) is -1.57. The van der Waals surface area contributed by atoms with Crippen molar-refractivity contribution in [3.63, 3.8) is 0 Å². The van der Waals surface area contributed by atoms with Crippen molar-refractivity contribution in [1.82, 2.24) is 9.80 Å². The van der Waals surface area contributed by atoms with Gasteiger partial charge < -0.3 is 19.7 Å². The third kappa shape index (κ3) is 4.63. The Kier molecular flexibility index (Phi) is 6.84. The summed E-state index contributed by atoms with van der Waals surface area (Å²) < 4.78 is 5.81. The lowest BCUT2D eigenvalue weighted by Gasteiger charge is -2.34. The van der Waals surface area contributed by atoms with Crippen LogP contribution in [0.4, 0.5) is 4.79 Å². The van der Waals surface area contributed by atoms with E-state index >= 15 is 0 Å². The molecule has 182 valence electrons. The third-order valence-electron chi connectivity index (χ3n) is 7.31. The summed E-state index contributed by atoms with van der Waals surface area (Å²) in [5.74, 6) is 2.68. The maximum Gasteiger partial charge on any atom is 0.488 e. The van der Waals surface area contributed by atoms with Crippen LogP contribution in [0.25, 0.3) is 11.1 Å². The molecule has 1 aliphatic carbocycles. The van der Waals surface area contributed by atoms with Crippen LogP contribution in [0.2, 0.25) is 0 Å². The van der Waals surface area contributed by atoms with Crippen molar-refractivity contribution in [2.45, 2.75) is 19.4 Å². The number of fused-ring (bicyclic) bond motifs is 3. The fourth-order valence-electron chi connectivity index (χ4n) is 5.34. The van der Waals surface area contributed by atoms with Gasteiger partial charge in [-0.2, -0.15) is 0 Å². The minimum atomic E-state index is -1.57. The van der Waals surface area contributed by atoms with E-state index in [9.17, 15) is 14.8 Å². The lowest BCUT2D eigenvalue weighted by atomic mass is 9.75. The molecule has 2 N–H and O–H groups in total. The highest BCUT2D eigenvalue weighted by atomic mass is 16.6. The van der Waals surface area contributed by atoms with Crippen LogP contribution in [0.3, 0.4) is 0 Å². The highest BCUT2D eigenvalue weighted by Crippen LogP contribution is 2.44. The SMILES string of the molecule is C#Cc1cc(CN2CCN(C(=O)OCC3c4ccccc4-c4ccccc43)CC2)cc(B(O)O)c1C. The molecule has 1 heterocycles. The van der Waals surface area contributed by atoms with Crippen LogP contribution < -0.4 is 5.46 Å². The van der Waals surface area contributed by atoms with Crippen LogP contribution in [0, 0.1) is 19.3 Å². The Morgan fingerprint density at radius 3 is 2.22 bits per heavy atom. The van der Waals surface area contributed by atoms with Crippen molar-refractivity contribution >= 4 is 18.7 Å². The molecule has 3 aromatic rings. The number of hydrogen-bond acceptors (Lipinski definition) is 5. The van der Waals surface area contributed by atoms with E-state index < -0.39 is 7.12 Å². The average Bonchev–Trinajstić information content (AvgIpc) is 3.22. The van der Waals surface area contributed by atoms with E-state index in [1.165, 1.54) is 22.3 Å². The summed E-state index contributed by atoms with van der Waals surface area (Å²) in [5.41, 5.74) is 7.54. The monoisotopic (exact) mass is 480 g/mol. The quantitative estimate of drug-likeness (QED) is 0.434. The van der Waals surface area contributed by atoms with Crippen molar-refractivity contribution in [1.29, 1.82) is 0 Å². The Balaban J connectivity index is 1.18. The zero-order chi connectivity index (χ0) is 25.2. The van der Waals surface area contributed by atoms with Gasteiger partial charge in [0.15, 0.2) is 0 Å². The molecule has 7 heteroatoms. The number of rotatable bonds is 5. The molecule has 1 amide bonds. The van der Waals surface area contributed by atoms with Crippen LogP contribution >= 0.6 is 0 Å². The highest BCUT2D eigenvalue weighted by Gasteiger charge is 2.30. The highest BCUT2D eigenvalue weighted by molar-refractivity contribution is 6.59. The first kappa shape index (κ1) is 24.1. The molecule has 2 aliphatic rings. The van der Waals surface area contributed by atoms with E-state index in [4.69, 9.17) is 11.2 Å². The van der Waals surface area contributed by atoms with Crippen molar-refractivity contribution in [2.24, 2.45) is 0 Å². The maximum absolute atomic E-state index is 12.9. The Morgan fingerprint density at radius 1 is 1.03 bits per heavy atom. The van der Waals surface area contributed by atoms with E-state index in [2.05, 4.69) is 35.1 Å². The number of piperazine rings is 1. The first-order valence-electron chi connectivity index (χ1n) is 12.2. The zero-order valence-corrected chi connectivity index (χ0v) is 20.4. The van der Waals surface area contributed by atoms with Gasteiger partial charge in [-0.3, -0.25) is 4.90 Å². The molecular formula is C29H29BN2O4. The van der Waals surface area contributed by atoms with Gasteiger partial charge in [0.2, 0.25) is 0 Å². The molecule has 3 aromatic carbocycles. The molecule has 0 spiro atoms. The molecule has 1 fully saturated rings. The van der Waals surface area contributed by atoms with Gasteiger partial charge in [-0.15, -0.1) is 6.42 Å². The number of terminal acetylenes is 1. The molecule has 0 aromatic heterocycles. The van der Waals surface area contributed by atoms with E-state index in [0.717, 1.165) is 5.56 Å². The number of hydrogen-bond donors (Lipinski definition) is 2. The number of amides is 1. The molecule has 0 bridgehead atoms. The van der Waals surface area contributed by atoms with Crippen molar-refractivity contribution in [3.05, 3.63) is 88.5 Å². The molecule has 1 aliphatic heterocycles. The smallest absolute Gasteiger partial charge is 0.448 e. The molecule has 0 unspecified atom stereocenters. The molecule has 36 heavy (non-hydrogen) atoms. The first-order valence-corrected chi connectivity index (χ1v) is 12.2. The maximum atomic E-state index is 12.9. The fraction of sp³-hybridized carbons (Fsp3) is 0.276. The molecule has 6 nitrogen and oxygen atoms in total. The lowest BCUT2D eigenvalue weighted by molar-refractivity contribution is 0.0728. The third-order valence-corrected chi connectivity index (χ3v) is 7.31. The van der Waals surface area contributed by atoms with Crippen molar-refractivity contribution in [2.75, 3.05) is 32.8 Å². The predicted octanol–water partition coefficient (Wildman–Crippen LogP) is 2.72. The van der Waals surface area contributed by atoms with Gasteiger partial charge in [0.1, 0.15) is 6.61 Å². The second kappa shape index (κ2) is 10.2. The Labute approximate surface area is 212 Å². The molecule has 0 saturated carbocycles. The lowest BCUT2D eigenvalue weighted by Crippen LogP contribution is -2.48. The molecule has 0 radical (unpaired) electrons. The summed E-state index contributed by atoms with van der Waals surface area (Å²) in [6.45, 7) is 5.26.